The van der Waals surface area contributed by atoms with E-state index in [0.29, 0.717) is 15.6 Å². The lowest BCUT2D eigenvalue weighted by atomic mass is 10.1. The highest BCUT2D eigenvalue weighted by molar-refractivity contribution is 6.39. The second-order valence-corrected chi connectivity index (χ2v) is 4.59. The van der Waals surface area contributed by atoms with Gasteiger partial charge in [-0.2, -0.15) is 0 Å². The molecule has 0 aliphatic carbocycles. The smallest absolute Gasteiger partial charge is 0.323 e. The lowest BCUT2D eigenvalue weighted by Gasteiger charge is -2.14. The van der Waals surface area contributed by atoms with Crippen LogP contribution in [0.1, 0.15) is 10.9 Å². The Morgan fingerprint density at radius 2 is 1.87 bits per heavy atom. The van der Waals surface area contributed by atoms with Crippen molar-refractivity contribution in [3.05, 3.63) is 33.8 Å². The fourth-order valence-electron chi connectivity index (χ4n) is 1.01. The third-order valence-electron chi connectivity index (χ3n) is 1.75. The van der Waals surface area contributed by atoms with Crippen LogP contribution >= 0.6 is 46.4 Å². The van der Waals surface area contributed by atoms with E-state index >= 15 is 0 Å². The fraction of sp³-hybridized carbons (Fsp3) is 0.222. The first-order chi connectivity index (χ1) is 6.93. The minimum absolute atomic E-state index is 0.300. The van der Waals surface area contributed by atoms with Crippen molar-refractivity contribution in [2.45, 2.75) is 10.8 Å². The first-order valence-electron chi connectivity index (χ1n) is 3.89. The maximum atomic E-state index is 10.6. The Hall–Kier alpha value is -0.150. The van der Waals surface area contributed by atoms with E-state index in [1.807, 2.05) is 0 Å². The minimum atomic E-state index is -1.23. The van der Waals surface area contributed by atoms with E-state index in [-0.39, 0.29) is 0 Å². The molecule has 0 aliphatic rings. The lowest BCUT2D eigenvalue weighted by molar-refractivity contribution is -0.136. The van der Waals surface area contributed by atoms with Crippen molar-refractivity contribution in [3.8, 4) is 0 Å². The number of aliphatic carboxylic acids is 1. The molecule has 0 unspecified atom stereocenters. The first kappa shape index (κ1) is 12.9. The Morgan fingerprint density at radius 3 is 2.33 bits per heavy atom. The Labute approximate surface area is 107 Å². The number of hydrogen-bond donors (Lipinski definition) is 1. The second-order valence-electron chi connectivity index (χ2n) is 2.81. The number of carboxylic acids is 1. The van der Waals surface area contributed by atoms with Gasteiger partial charge in [-0.1, -0.05) is 29.3 Å². The molecule has 1 N–H and O–H groups in total. The molecule has 2 atom stereocenters. The molecule has 0 bridgehead atoms. The van der Waals surface area contributed by atoms with Crippen molar-refractivity contribution < 1.29 is 9.90 Å². The van der Waals surface area contributed by atoms with Crippen LogP contribution in [-0.2, 0) is 4.79 Å². The normalized spacial score (nSPS) is 14.7. The number of hydrogen-bond acceptors (Lipinski definition) is 1. The van der Waals surface area contributed by atoms with Crippen LogP contribution in [-0.4, -0.2) is 16.5 Å². The van der Waals surface area contributed by atoms with Crippen LogP contribution < -0.4 is 0 Å². The van der Waals surface area contributed by atoms with Crippen LogP contribution in [0.3, 0.4) is 0 Å². The molecule has 2 nitrogen and oxygen atoms in total. The molecule has 0 aliphatic heterocycles. The van der Waals surface area contributed by atoms with Gasteiger partial charge in [-0.15, -0.1) is 23.2 Å². The van der Waals surface area contributed by atoms with E-state index in [1.165, 1.54) is 6.07 Å². The van der Waals surface area contributed by atoms with Gasteiger partial charge in [-0.3, -0.25) is 4.79 Å². The number of rotatable bonds is 3. The molecule has 82 valence electrons. The predicted molar refractivity (Wildman–Crippen MR) is 62.3 cm³/mol. The molecule has 0 spiro atoms. The van der Waals surface area contributed by atoms with Gasteiger partial charge in [0, 0.05) is 10.0 Å². The van der Waals surface area contributed by atoms with Crippen LogP contribution in [0.25, 0.3) is 0 Å². The SMILES string of the molecule is O=C(O)[C@@H](Cl)[C@H](Cl)c1ccc(Cl)cc1Cl. The van der Waals surface area contributed by atoms with Gasteiger partial charge < -0.3 is 5.11 Å². The van der Waals surface area contributed by atoms with Crippen LogP contribution in [0.5, 0.6) is 0 Å². The molecule has 0 aromatic heterocycles. The zero-order chi connectivity index (χ0) is 11.6. The summed E-state index contributed by atoms with van der Waals surface area (Å²) in [4.78, 5) is 10.6. The zero-order valence-corrected chi connectivity index (χ0v) is 10.3. The van der Waals surface area contributed by atoms with Gasteiger partial charge >= 0.3 is 5.97 Å². The second kappa shape index (κ2) is 5.26. The van der Waals surface area contributed by atoms with Gasteiger partial charge in [0.2, 0.25) is 0 Å². The molecule has 1 aromatic carbocycles. The summed E-state index contributed by atoms with van der Waals surface area (Å²) in [7, 11) is 0. The molecular formula is C9H6Cl4O2. The van der Waals surface area contributed by atoms with Crippen LogP contribution in [0.2, 0.25) is 10.0 Å². The molecule has 0 heterocycles. The highest BCUT2D eigenvalue weighted by atomic mass is 35.5. The molecule has 0 amide bonds. The van der Waals surface area contributed by atoms with Crippen molar-refractivity contribution in [1.82, 2.24) is 0 Å². The molecule has 1 rings (SSSR count). The maximum Gasteiger partial charge on any atom is 0.323 e. The molecule has 0 radical (unpaired) electrons. The number of halogens is 4. The van der Waals surface area contributed by atoms with E-state index in [9.17, 15) is 4.79 Å². The van der Waals surface area contributed by atoms with Crippen molar-refractivity contribution in [1.29, 1.82) is 0 Å². The van der Waals surface area contributed by atoms with Crippen molar-refractivity contribution >= 4 is 52.4 Å². The van der Waals surface area contributed by atoms with Crippen LogP contribution in [0, 0.1) is 0 Å². The van der Waals surface area contributed by atoms with Gasteiger partial charge in [0.25, 0.3) is 0 Å². The summed E-state index contributed by atoms with van der Waals surface area (Å²) in [6.07, 6.45) is 0. The lowest BCUT2D eigenvalue weighted by Crippen LogP contribution is -2.19. The quantitative estimate of drug-likeness (QED) is 0.854. The molecule has 1 aromatic rings. The fourth-order valence-corrected chi connectivity index (χ4v) is 2.02. The zero-order valence-electron chi connectivity index (χ0n) is 7.25. The highest BCUT2D eigenvalue weighted by Gasteiger charge is 2.27. The Morgan fingerprint density at radius 1 is 1.27 bits per heavy atom. The number of alkyl halides is 2. The Balaban J connectivity index is 3.01. The highest BCUT2D eigenvalue weighted by Crippen LogP contribution is 2.34. The first-order valence-corrected chi connectivity index (χ1v) is 5.52. The largest absolute Gasteiger partial charge is 0.480 e. The van der Waals surface area contributed by atoms with Crippen LogP contribution in [0.15, 0.2) is 18.2 Å². The van der Waals surface area contributed by atoms with E-state index in [4.69, 9.17) is 51.5 Å². The van der Waals surface area contributed by atoms with Gasteiger partial charge in [0.15, 0.2) is 5.38 Å². The van der Waals surface area contributed by atoms with Gasteiger partial charge in [-0.05, 0) is 17.7 Å². The average molecular weight is 288 g/mol. The van der Waals surface area contributed by atoms with Crippen LogP contribution in [0.4, 0.5) is 0 Å². The third kappa shape index (κ3) is 3.15. The summed E-state index contributed by atoms with van der Waals surface area (Å²) in [6, 6.07) is 4.61. The number of carboxylic acid groups (broad SMARTS) is 1. The Kier molecular flexibility index (Phi) is 4.53. The minimum Gasteiger partial charge on any atom is -0.480 e. The van der Waals surface area contributed by atoms with Gasteiger partial charge in [0.1, 0.15) is 0 Å². The molecule has 15 heavy (non-hydrogen) atoms. The number of benzene rings is 1. The summed E-state index contributed by atoms with van der Waals surface area (Å²) in [5, 5.41) is 7.30. The molecular weight excluding hydrogens is 282 g/mol. The molecule has 0 saturated carbocycles. The topological polar surface area (TPSA) is 37.3 Å². The van der Waals surface area contributed by atoms with Crippen molar-refractivity contribution in [2.75, 3.05) is 0 Å². The van der Waals surface area contributed by atoms with E-state index < -0.39 is 16.7 Å². The molecule has 0 saturated heterocycles. The Bertz CT molecular complexity index is 380. The maximum absolute atomic E-state index is 10.6. The predicted octanol–water partition coefficient (Wildman–Crippen LogP) is 3.97. The summed E-state index contributed by atoms with van der Waals surface area (Å²) in [6.45, 7) is 0. The third-order valence-corrected chi connectivity index (χ3v) is 3.37. The summed E-state index contributed by atoms with van der Waals surface area (Å²) >= 11 is 23.0. The number of carbonyl (C=O) groups is 1. The van der Waals surface area contributed by atoms with Crippen molar-refractivity contribution in [3.63, 3.8) is 0 Å². The van der Waals surface area contributed by atoms with Crippen molar-refractivity contribution in [2.24, 2.45) is 0 Å². The van der Waals surface area contributed by atoms with E-state index in [1.54, 1.807) is 12.1 Å². The standard InChI is InChI=1S/C9H6Cl4O2/c10-4-1-2-5(6(11)3-4)7(12)8(13)9(14)15/h1-3,7-8H,(H,14,15)/t7-,8+/m1/s1. The van der Waals surface area contributed by atoms with Gasteiger partial charge in [-0.25, -0.2) is 0 Å². The summed E-state index contributed by atoms with van der Waals surface area (Å²) in [5.74, 6) is -1.19. The van der Waals surface area contributed by atoms with E-state index in [2.05, 4.69) is 0 Å². The molecule has 0 fully saturated rings. The monoisotopic (exact) mass is 286 g/mol. The van der Waals surface area contributed by atoms with E-state index in [0.717, 1.165) is 0 Å². The summed E-state index contributed by atoms with van der Waals surface area (Å²) in [5.41, 5.74) is 0.449. The summed E-state index contributed by atoms with van der Waals surface area (Å²) < 4.78 is 0. The average Bonchev–Trinajstić information content (AvgIpc) is 2.15. The molecule has 6 heteroatoms. The van der Waals surface area contributed by atoms with Gasteiger partial charge in [0.05, 0.1) is 5.38 Å².